The topological polar surface area (TPSA) is 150 Å². The van der Waals surface area contributed by atoms with E-state index in [0.29, 0.717) is 0 Å². The molecule has 3 amide bonds. The zero-order chi connectivity index (χ0) is 16.2. The molecule has 0 unspecified atom stereocenters. The smallest absolute Gasteiger partial charge is 0.270 e. The second-order valence-electron chi connectivity index (χ2n) is 4.02. The normalized spacial score (nSPS) is 9.95. The van der Waals surface area contributed by atoms with Crippen molar-refractivity contribution in [3.8, 4) is 0 Å². The molecule has 10 heteroatoms. The van der Waals surface area contributed by atoms with E-state index in [1.165, 1.54) is 12.1 Å². The van der Waals surface area contributed by atoms with Crippen LogP contribution in [0.5, 0.6) is 0 Å². The van der Waals surface area contributed by atoms with Crippen molar-refractivity contribution < 1.29 is 19.3 Å². The highest BCUT2D eigenvalue weighted by atomic mass is 79.9. The van der Waals surface area contributed by atoms with Crippen LogP contribution in [0.3, 0.4) is 0 Å². The second-order valence-corrected chi connectivity index (χ2v) is 4.87. The summed E-state index contributed by atoms with van der Waals surface area (Å²) in [6.45, 7) is -1.06. The molecule has 1 aromatic rings. The SMILES string of the molecule is NC(=O)CN(CC(N)=O)C(=O)c1cc([N+](=O)[O-])ccc1Br. The van der Waals surface area contributed by atoms with Crippen molar-refractivity contribution >= 4 is 39.3 Å². The minimum absolute atomic E-state index is 0.0771. The number of primary amides is 2. The van der Waals surface area contributed by atoms with Gasteiger partial charge in [0.2, 0.25) is 11.8 Å². The van der Waals surface area contributed by atoms with Crippen molar-refractivity contribution in [2.24, 2.45) is 11.5 Å². The third-order valence-corrected chi connectivity index (χ3v) is 3.06. The van der Waals surface area contributed by atoms with Gasteiger partial charge in [-0.15, -0.1) is 0 Å². The van der Waals surface area contributed by atoms with Gasteiger partial charge in [0.25, 0.3) is 11.6 Å². The van der Waals surface area contributed by atoms with Crippen molar-refractivity contribution in [3.05, 3.63) is 38.3 Å². The van der Waals surface area contributed by atoms with Crippen LogP contribution < -0.4 is 11.5 Å². The van der Waals surface area contributed by atoms with Gasteiger partial charge in [0.05, 0.1) is 10.5 Å². The summed E-state index contributed by atoms with van der Waals surface area (Å²) in [7, 11) is 0. The number of amides is 3. The predicted molar refractivity (Wildman–Crippen MR) is 75.1 cm³/mol. The summed E-state index contributed by atoms with van der Waals surface area (Å²) < 4.78 is 0.275. The van der Waals surface area contributed by atoms with Gasteiger partial charge in [-0.2, -0.15) is 0 Å². The largest absolute Gasteiger partial charge is 0.368 e. The first kappa shape index (κ1) is 16.6. The van der Waals surface area contributed by atoms with E-state index < -0.39 is 35.7 Å². The molecule has 0 spiro atoms. The Morgan fingerprint density at radius 2 is 1.71 bits per heavy atom. The number of benzene rings is 1. The Labute approximate surface area is 127 Å². The molecule has 0 radical (unpaired) electrons. The third-order valence-electron chi connectivity index (χ3n) is 2.37. The van der Waals surface area contributed by atoms with Crippen molar-refractivity contribution in [1.29, 1.82) is 0 Å². The van der Waals surface area contributed by atoms with Crippen LogP contribution >= 0.6 is 15.9 Å². The Bertz CT molecular complexity index is 603. The van der Waals surface area contributed by atoms with E-state index in [0.717, 1.165) is 11.0 Å². The van der Waals surface area contributed by atoms with E-state index in [4.69, 9.17) is 11.5 Å². The number of non-ortho nitro benzene ring substituents is 1. The second kappa shape index (κ2) is 6.79. The number of rotatable bonds is 6. The van der Waals surface area contributed by atoms with Crippen molar-refractivity contribution in [3.63, 3.8) is 0 Å². The maximum atomic E-state index is 12.3. The van der Waals surface area contributed by atoms with E-state index in [9.17, 15) is 24.5 Å². The van der Waals surface area contributed by atoms with Crippen LogP contribution in [0, 0.1) is 10.1 Å². The highest BCUT2D eigenvalue weighted by molar-refractivity contribution is 9.10. The lowest BCUT2D eigenvalue weighted by molar-refractivity contribution is -0.384. The van der Waals surface area contributed by atoms with Crippen molar-refractivity contribution in [1.82, 2.24) is 4.90 Å². The molecule has 9 nitrogen and oxygen atoms in total. The summed E-state index contributed by atoms with van der Waals surface area (Å²) in [6, 6.07) is 3.55. The molecular formula is C11H11BrN4O5. The first-order valence-electron chi connectivity index (χ1n) is 5.52. The number of hydrogen-bond donors (Lipinski definition) is 2. The number of nitrogens with two attached hydrogens (primary N) is 2. The van der Waals surface area contributed by atoms with Gasteiger partial charge in [-0.3, -0.25) is 24.5 Å². The van der Waals surface area contributed by atoms with Crippen LogP contribution in [0.2, 0.25) is 0 Å². The van der Waals surface area contributed by atoms with Crippen molar-refractivity contribution in [2.45, 2.75) is 0 Å². The van der Waals surface area contributed by atoms with Crippen LogP contribution in [0.15, 0.2) is 22.7 Å². The van der Waals surface area contributed by atoms with E-state index in [-0.39, 0.29) is 15.7 Å². The van der Waals surface area contributed by atoms with E-state index in [1.807, 2.05) is 0 Å². The number of halogens is 1. The van der Waals surface area contributed by atoms with Gasteiger partial charge < -0.3 is 16.4 Å². The molecule has 1 aromatic carbocycles. The van der Waals surface area contributed by atoms with Gasteiger partial charge in [-0.1, -0.05) is 0 Å². The Morgan fingerprint density at radius 3 is 2.14 bits per heavy atom. The molecule has 0 aliphatic rings. The number of nitro benzene ring substituents is 1. The maximum Gasteiger partial charge on any atom is 0.270 e. The van der Waals surface area contributed by atoms with Gasteiger partial charge in [0.1, 0.15) is 13.1 Å². The predicted octanol–water partition coefficient (Wildman–Crippen LogP) is -0.230. The van der Waals surface area contributed by atoms with Crippen LogP contribution in [-0.2, 0) is 9.59 Å². The summed E-state index contributed by atoms with van der Waals surface area (Å²) in [6.07, 6.45) is 0. The van der Waals surface area contributed by atoms with Crippen LogP contribution in [-0.4, -0.2) is 40.6 Å². The van der Waals surface area contributed by atoms with E-state index in [1.54, 1.807) is 0 Å². The summed E-state index contributed by atoms with van der Waals surface area (Å²) in [4.78, 5) is 45.0. The molecule has 0 saturated carbocycles. The molecule has 0 fully saturated rings. The Morgan fingerprint density at radius 1 is 1.19 bits per heavy atom. The first-order valence-corrected chi connectivity index (χ1v) is 6.31. The first-order chi connectivity index (χ1) is 9.72. The molecule has 1 rings (SSSR count). The number of carbonyl (C=O) groups excluding carboxylic acids is 3. The number of nitro groups is 1. The standard InChI is InChI=1S/C11H11BrN4O5/c12-8-2-1-6(16(20)21)3-7(8)11(19)15(4-9(13)17)5-10(14)18/h1-3H,4-5H2,(H2,13,17)(H2,14,18). The monoisotopic (exact) mass is 358 g/mol. The minimum atomic E-state index is -0.842. The molecular weight excluding hydrogens is 348 g/mol. The lowest BCUT2D eigenvalue weighted by Crippen LogP contribution is -2.43. The molecule has 21 heavy (non-hydrogen) atoms. The summed E-state index contributed by atoms with van der Waals surface area (Å²) in [5, 5.41) is 10.7. The molecule has 4 N–H and O–H groups in total. The van der Waals surface area contributed by atoms with Crippen molar-refractivity contribution in [2.75, 3.05) is 13.1 Å². The van der Waals surface area contributed by atoms with E-state index in [2.05, 4.69) is 15.9 Å². The zero-order valence-electron chi connectivity index (χ0n) is 10.6. The molecule has 0 bridgehead atoms. The molecule has 0 saturated heterocycles. The van der Waals surface area contributed by atoms with Crippen LogP contribution in [0.25, 0.3) is 0 Å². The molecule has 0 aromatic heterocycles. The van der Waals surface area contributed by atoms with Gasteiger partial charge in [-0.05, 0) is 22.0 Å². The Balaban J connectivity index is 3.18. The summed E-state index contributed by atoms with van der Waals surface area (Å²) >= 11 is 3.08. The maximum absolute atomic E-state index is 12.3. The fraction of sp³-hybridized carbons (Fsp3) is 0.182. The fourth-order valence-corrected chi connectivity index (χ4v) is 1.95. The van der Waals surface area contributed by atoms with Gasteiger partial charge in [0, 0.05) is 16.6 Å². The molecule has 0 atom stereocenters. The Hall–Kier alpha value is -2.49. The highest BCUT2D eigenvalue weighted by Gasteiger charge is 2.23. The zero-order valence-corrected chi connectivity index (χ0v) is 12.2. The number of hydrogen-bond acceptors (Lipinski definition) is 5. The molecule has 112 valence electrons. The fourth-order valence-electron chi connectivity index (χ4n) is 1.54. The lowest BCUT2D eigenvalue weighted by atomic mass is 10.1. The van der Waals surface area contributed by atoms with Crippen LogP contribution in [0.1, 0.15) is 10.4 Å². The molecule has 0 aliphatic heterocycles. The Kier molecular flexibility index (Phi) is 5.36. The molecule has 0 aliphatic carbocycles. The van der Waals surface area contributed by atoms with Gasteiger partial charge in [-0.25, -0.2) is 0 Å². The lowest BCUT2D eigenvalue weighted by Gasteiger charge is -2.20. The highest BCUT2D eigenvalue weighted by Crippen LogP contribution is 2.23. The average molecular weight is 359 g/mol. The average Bonchev–Trinajstić information content (AvgIpc) is 2.36. The van der Waals surface area contributed by atoms with Crippen LogP contribution in [0.4, 0.5) is 5.69 Å². The van der Waals surface area contributed by atoms with Gasteiger partial charge >= 0.3 is 0 Å². The quantitative estimate of drug-likeness (QED) is 0.531. The number of nitrogens with zero attached hydrogens (tertiary/aromatic N) is 2. The van der Waals surface area contributed by atoms with Gasteiger partial charge in [0.15, 0.2) is 0 Å². The van der Waals surface area contributed by atoms with E-state index >= 15 is 0 Å². The summed E-state index contributed by atoms with van der Waals surface area (Å²) in [5.74, 6) is -2.46. The number of carbonyl (C=O) groups is 3. The minimum Gasteiger partial charge on any atom is -0.368 e. The summed E-state index contributed by atoms with van der Waals surface area (Å²) in [5.41, 5.74) is 9.61. The molecule has 0 heterocycles. The third kappa shape index (κ3) is 4.53.